The Morgan fingerprint density at radius 1 is 1.02 bits per heavy atom. The largest absolute Gasteiger partial charge is 0.492 e. The molecule has 3 heterocycles. The van der Waals surface area contributed by atoms with Gasteiger partial charge in [0, 0.05) is 51.2 Å². The Labute approximate surface area is 265 Å². The fourth-order valence-electron chi connectivity index (χ4n) is 6.31. The molecule has 1 atom stereocenters. The Morgan fingerprint density at radius 3 is 2.36 bits per heavy atom. The number of sulfonamides is 1. The molecule has 0 aliphatic carbocycles. The number of hydrogen-bond donors (Lipinski definition) is 2. The minimum atomic E-state index is -3.59. The van der Waals surface area contributed by atoms with Crippen molar-refractivity contribution in [3.63, 3.8) is 0 Å². The third-order valence-corrected chi connectivity index (χ3v) is 9.28. The molecule has 2 amide bonds. The van der Waals surface area contributed by atoms with E-state index in [-0.39, 0.29) is 35.0 Å². The molecule has 2 aliphatic rings. The minimum Gasteiger partial charge on any atom is -0.492 e. The molecule has 2 N–H and O–H groups in total. The number of likely N-dealkylation sites (tertiary alicyclic amines) is 1. The van der Waals surface area contributed by atoms with Gasteiger partial charge in [0.15, 0.2) is 5.75 Å². The standard InChI is InChI=1S/C32H44N6O6S/c1-21(2)24-17-25(30(43-5)26(18-24)34-45(6,41)42)33-32(40)44-28-19-22-9-7-10-23(29(22)36(28)4)20-37-13-15-38(16-14-37)31(39)27-11-8-12-35(27)3/h7,9-10,17-19,21,27,34H,8,11-16,20H2,1-6H3,(H,33,40)/t27-/m0/s1. The van der Waals surface area contributed by atoms with Crippen molar-refractivity contribution in [3.8, 4) is 11.6 Å². The molecule has 0 unspecified atom stereocenters. The second-order valence-electron chi connectivity index (χ2n) is 12.3. The maximum absolute atomic E-state index is 13.2. The number of aromatic nitrogens is 1. The first-order valence-electron chi connectivity index (χ1n) is 15.3. The van der Waals surface area contributed by atoms with Gasteiger partial charge in [0.2, 0.25) is 21.8 Å². The SMILES string of the molecule is COc1c(NC(=O)Oc2cc3cccc(CN4CCN(C(=O)[C@@H]5CCCN5C)CC4)c3n2C)cc(C(C)C)cc1NS(C)(=O)=O. The molecule has 244 valence electrons. The van der Waals surface area contributed by atoms with Crippen molar-refractivity contribution in [1.29, 1.82) is 0 Å². The molecule has 2 fully saturated rings. The van der Waals surface area contributed by atoms with Crippen molar-refractivity contribution in [2.24, 2.45) is 7.05 Å². The zero-order chi connectivity index (χ0) is 32.5. The van der Waals surface area contributed by atoms with Gasteiger partial charge in [0.05, 0.1) is 36.3 Å². The predicted octanol–water partition coefficient (Wildman–Crippen LogP) is 4.03. The first-order valence-corrected chi connectivity index (χ1v) is 17.2. The number of fused-ring (bicyclic) bond motifs is 1. The van der Waals surface area contributed by atoms with Crippen molar-refractivity contribution in [2.45, 2.75) is 45.2 Å². The van der Waals surface area contributed by atoms with Gasteiger partial charge in [-0.1, -0.05) is 32.0 Å². The molecule has 2 saturated heterocycles. The third-order valence-electron chi connectivity index (χ3n) is 8.69. The second-order valence-corrected chi connectivity index (χ2v) is 14.1. The van der Waals surface area contributed by atoms with Gasteiger partial charge in [-0.05, 0) is 55.6 Å². The molecule has 0 spiro atoms. The number of likely N-dealkylation sites (N-methyl/N-ethyl adjacent to an activating group) is 1. The predicted molar refractivity (Wildman–Crippen MR) is 176 cm³/mol. The number of amides is 2. The molecule has 2 aromatic carbocycles. The first-order chi connectivity index (χ1) is 21.3. The molecule has 0 radical (unpaired) electrons. The molecule has 0 bridgehead atoms. The maximum atomic E-state index is 13.2. The van der Waals surface area contributed by atoms with Crippen LogP contribution in [0.15, 0.2) is 36.4 Å². The monoisotopic (exact) mass is 640 g/mol. The topological polar surface area (TPSA) is 125 Å². The van der Waals surface area contributed by atoms with Gasteiger partial charge in [-0.25, -0.2) is 13.2 Å². The number of aryl methyl sites for hydroxylation is 1. The van der Waals surface area contributed by atoms with E-state index in [1.165, 1.54) is 7.11 Å². The Kier molecular flexibility index (Phi) is 9.61. The summed E-state index contributed by atoms with van der Waals surface area (Å²) < 4.78 is 39.6. The van der Waals surface area contributed by atoms with Crippen LogP contribution in [0, 0.1) is 0 Å². The van der Waals surface area contributed by atoms with E-state index in [0.717, 1.165) is 60.8 Å². The number of methoxy groups -OCH3 is 1. The van der Waals surface area contributed by atoms with Crippen LogP contribution in [0.2, 0.25) is 0 Å². The molecular weight excluding hydrogens is 596 g/mol. The van der Waals surface area contributed by atoms with Crippen molar-refractivity contribution in [3.05, 3.63) is 47.5 Å². The molecular formula is C32H44N6O6S. The van der Waals surface area contributed by atoms with Gasteiger partial charge >= 0.3 is 6.09 Å². The van der Waals surface area contributed by atoms with Crippen LogP contribution in [0.3, 0.4) is 0 Å². The molecule has 12 nitrogen and oxygen atoms in total. The Morgan fingerprint density at radius 2 is 1.73 bits per heavy atom. The van der Waals surface area contributed by atoms with E-state index in [9.17, 15) is 18.0 Å². The van der Waals surface area contributed by atoms with Gasteiger partial charge in [-0.3, -0.25) is 24.6 Å². The van der Waals surface area contributed by atoms with Crippen molar-refractivity contribution in [2.75, 3.05) is 63.2 Å². The summed E-state index contributed by atoms with van der Waals surface area (Å²) in [5.41, 5.74) is 3.39. The highest BCUT2D eigenvalue weighted by atomic mass is 32.2. The normalized spacial score (nSPS) is 18.0. The number of nitrogens with one attached hydrogen (secondary N) is 2. The minimum absolute atomic E-state index is 0.00993. The molecule has 2 aliphatic heterocycles. The maximum Gasteiger partial charge on any atom is 0.418 e. The Balaban J connectivity index is 1.29. The summed E-state index contributed by atoms with van der Waals surface area (Å²) in [6, 6.07) is 11.3. The van der Waals surface area contributed by atoms with Crippen LogP contribution < -0.4 is 19.5 Å². The number of piperazine rings is 1. The lowest BCUT2D eigenvalue weighted by Gasteiger charge is -2.37. The van der Waals surface area contributed by atoms with E-state index >= 15 is 0 Å². The number of carbonyl (C=O) groups is 2. The van der Waals surface area contributed by atoms with E-state index in [1.807, 2.05) is 55.6 Å². The fraction of sp³-hybridized carbons (Fsp3) is 0.500. The number of rotatable bonds is 9. The summed E-state index contributed by atoms with van der Waals surface area (Å²) in [6.45, 7) is 8.64. The van der Waals surface area contributed by atoms with Crippen LogP contribution in [-0.4, -0.2) is 98.9 Å². The highest BCUT2D eigenvalue weighted by Crippen LogP contribution is 2.38. The average Bonchev–Trinajstić information content (AvgIpc) is 3.54. The summed E-state index contributed by atoms with van der Waals surface area (Å²) in [5.74, 6) is 0.843. The lowest BCUT2D eigenvalue weighted by Crippen LogP contribution is -2.52. The molecule has 45 heavy (non-hydrogen) atoms. The molecule has 1 aromatic heterocycles. The van der Waals surface area contributed by atoms with Crippen LogP contribution in [-0.2, 0) is 28.4 Å². The quantitative estimate of drug-likeness (QED) is 0.359. The highest BCUT2D eigenvalue weighted by molar-refractivity contribution is 7.92. The van der Waals surface area contributed by atoms with Crippen LogP contribution in [0.25, 0.3) is 10.9 Å². The van der Waals surface area contributed by atoms with E-state index < -0.39 is 16.1 Å². The van der Waals surface area contributed by atoms with E-state index in [0.29, 0.717) is 25.5 Å². The summed E-state index contributed by atoms with van der Waals surface area (Å²) in [6.07, 6.45) is 2.33. The van der Waals surface area contributed by atoms with Gasteiger partial charge in [-0.15, -0.1) is 0 Å². The number of benzene rings is 2. The number of para-hydroxylation sites is 1. The average molecular weight is 641 g/mol. The molecule has 13 heteroatoms. The molecule has 3 aromatic rings. The van der Waals surface area contributed by atoms with Crippen molar-refractivity contribution >= 4 is 44.3 Å². The summed E-state index contributed by atoms with van der Waals surface area (Å²) in [4.78, 5) is 32.7. The van der Waals surface area contributed by atoms with E-state index in [4.69, 9.17) is 9.47 Å². The van der Waals surface area contributed by atoms with Crippen LogP contribution >= 0.6 is 0 Å². The number of hydrogen-bond acceptors (Lipinski definition) is 8. The lowest BCUT2D eigenvalue weighted by molar-refractivity contribution is -0.137. The van der Waals surface area contributed by atoms with Gasteiger partial charge in [0.1, 0.15) is 0 Å². The van der Waals surface area contributed by atoms with Gasteiger partial charge < -0.3 is 18.9 Å². The summed E-state index contributed by atoms with van der Waals surface area (Å²) in [7, 11) is 1.71. The van der Waals surface area contributed by atoms with E-state index in [1.54, 1.807) is 12.1 Å². The van der Waals surface area contributed by atoms with Crippen LogP contribution in [0.5, 0.6) is 11.6 Å². The number of carbonyl (C=O) groups excluding carboxylic acids is 2. The number of anilines is 2. The van der Waals surface area contributed by atoms with Crippen LogP contribution in [0.4, 0.5) is 16.2 Å². The van der Waals surface area contributed by atoms with Crippen LogP contribution in [0.1, 0.15) is 43.7 Å². The number of nitrogens with zero attached hydrogens (tertiary/aromatic N) is 4. The number of ether oxygens (including phenoxy) is 2. The lowest BCUT2D eigenvalue weighted by atomic mass is 10.0. The van der Waals surface area contributed by atoms with Crippen molar-refractivity contribution < 1.29 is 27.5 Å². The highest BCUT2D eigenvalue weighted by Gasteiger charge is 2.33. The molecule has 0 saturated carbocycles. The first kappa shape index (κ1) is 32.6. The summed E-state index contributed by atoms with van der Waals surface area (Å²) >= 11 is 0. The van der Waals surface area contributed by atoms with Crippen molar-refractivity contribution in [1.82, 2.24) is 19.3 Å². The Hall–Kier alpha value is -3.81. The fourth-order valence-corrected chi connectivity index (χ4v) is 6.86. The third kappa shape index (κ3) is 7.37. The van der Waals surface area contributed by atoms with Gasteiger partial charge in [0.25, 0.3) is 0 Å². The summed E-state index contributed by atoms with van der Waals surface area (Å²) in [5, 5.41) is 3.68. The zero-order valence-corrected chi connectivity index (χ0v) is 27.7. The zero-order valence-electron chi connectivity index (χ0n) is 26.9. The molecule has 5 rings (SSSR count). The second kappa shape index (κ2) is 13.3. The smallest absolute Gasteiger partial charge is 0.418 e. The van der Waals surface area contributed by atoms with E-state index in [2.05, 4.69) is 25.9 Å². The van der Waals surface area contributed by atoms with Gasteiger partial charge in [-0.2, -0.15) is 0 Å². The Bertz CT molecular complexity index is 1680.